The zero-order valence-electron chi connectivity index (χ0n) is 16.2. The second kappa shape index (κ2) is 9.19. The number of amides is 1. The third-order valence-corrected chi connectivity index (χ3v) is 6.23. The molecule has 0 atom stereocenters. The zero-order chi connectivity index (χ0) is 21.8. The lowest BCUT2D eigenvalue weighted by Gasteiger charge is -2.06. The highest BCUT2D eigenvalue weighted by molar-refractivity contribution is 8.00. The van der Waals surface area contributed by atoms with Crippen molar-refractivity contribution in [3.05, 3.63) is 66.2 Å². The van der Waals surface area contributed by atoms with Crippen LogP contribution in [-0.4, -0.2) is 39.1 Å². The minimum Gasteiger partial charge on any atom is -0.465 e. The second-order valence-corrected chi connectivity index (χ2v) is 8.04. The van der Waals surface area contributed by atoms with Gasteiger partial charge in [-0.2, -0.15) is 4.37 Å². The van der Waals surface area contributed by atoms with Crippen LogP contribution < -0.4 is 5.32 Å². The van der Waals surface area contributed by atoms with Crippen LogP contribution in [0.15, 0.2) is 59.9 Å². The van der Waals surface area contributed by atoms with Crippen molar-refractivity contribution in [1.82, 2.24) is 14.3 Å². The van der Waals surface area contributed by atoms with Gasteiger partial charge in [0, 0.05) is 11.3 Å². The molecule has 2 aromatic heterocycles. The van der Waals surface area contributed by atoms with Gasteiger partial charge in [0.15, 0.2) is 0 Å². The molecule has 0 bridgehead atoms. The predicted molar refractivity (Wildman–Crippen MR) is 118 cm³/mol. The van der Waals surface area contributed by atoms with E-state index in [9.17, 15) is 14.0 Å². The van der Waals surface area contributed by atoms with Crippen LogP contribution in [0.5, 0.6) is 0 Å². The quantitative estimate of drug-likeness (QED) is 0.262. The van der Waals surface area contributed by atoms with Gasteiger partial charge < -0.3 is 10.1 Å². The van der Waals surface area contributed by atoms with Gasteiger partial charge in [0.05, 0.1) is 18.4 Å². The van der Waals surface area contributed by atoms with Crippen LogP contribution in [0.3, 0.4) is 0 Å². The minimum absolute atomic E-state index is 0.134. The lowest BCUT2D eigenvalue weighted by molar-refractivity contribution is -0.113. The summed E-state index contributed by atoms with van der Waals surface area (Å²) < 4.78 is 23.1. The van der Waals surface area contributed by atoms with Gasteiger partial charge in [-0.1, -0.05) is 11.8 Å². The Morgan fingerprint density at radius 2 is 1.84 bits per heavy atom. The Labute approximate surface area is 184 Å². The SMILES string of the molecule is COC(=O)c1ccc(NC(=O)CSc2ncnc3c(-c4ccc(F)cc4)nsc23)cc1. The summed E-state index contributed by atoms with van der Waals surface area (Å²) >= 11 is 2.51. The molecular formula is C21H15FN4O3S2. The van der Waals surface area contributed by atoms with Crippen LogP contribution in [-0.2, 0) is 9.53 Å². The molecule has 0 radical (unpaired) electrons. The second-order valence-electron chi connectivity index (χ2n) is 6.30. The number of esters is 1. The number of methoxy groups -OCH3 is 1. The molecule has 7 nitrogen and oxygen atoms in total. The summed E-state index contributed by atoms with van der Waals surface area (Å²) in [4.78, 5) is 32.4. The maximum Gasteiger partial charge on any atom is 0.337 e. The highest BCUT2D eigenvalue weighted by atomic mass is 32.2. The smallest absolute Gasteiger partial charge is 0.337 e. The van der Waals surface area contributed by atoms with E-state index in [2.05, 4.69) is 24.4 Å². The molecule has 10 heteroatoms. The molecular weight excluding hydrogens is 439 g/mol. The number of rotatable bonds is 6. The average Bonchev–Trinajstić information content (AvgIpc) is 3.23. The van der Waals surface area contributed by atoms with Crippen LogP contribution in [0.1, 0.15) is 10.4 Å². The van der Waals surface area contributed by atoms with Gasteiger partial charge >= 0.3 is 5.97 Å². The molecule has 0 unspecified atom stereocenters. The van der Waals surface area contributed by atoms with Crippen molar-refractivity contribution in [2.75, 3.05) is 18.2 Å². The molecule has 0 spiro atoms. The predicted octanol–water partition coefficient (Wildman–Crippen LogP) is 4.41. The van der Waals surface area contributed by atoms with Crippen LogP contribution in [0.4, 0.5) is 10.1 Å². The summed E-state index contributed by atoms with van der Waals surface area (Å²) in [5, 5.41) is 3.42. The van der Waals surface area contributed by atoms with Crippen LogP contribution in [0, 0.1) is 5.82 Å². The van der Waals surface area contributed by atoms with Crippen molar-refractivity contribution < 1.29 is 18.7 Å². The number of thioether (sulfide) groups is 1. The molecule has 4 rings (SSSR count). The van der Waals surface area contributed by atoms with E-state index in [1.807, 2.05) is 0 Å². The van der Waals surface area contributed by atoms with Crippen molar-refractivity contribution >= 4 is 51.1 Å². The number of anilines is 1. The van der Waals surface area contributed by atoms with Crippen molar-refractivity contribution in [2.45, 2.75) is 5.03 Å². The number of aromatic nitrogens is 3. The first kappa shape index (κ1) is 20.9. The van der Waals surface area contributed by atoms with Gasteiger partial charge in [0.25, 0.3) is 0 Å². The standard InChI is InChI=1S/C21H15FN4O3S2/c1-29-21(28)13-4-8-15(9-5-13)25-16(27)10-30-20-19-18(23-11-24-20)17(26-31-19)12-2-6-14(22)7-3-12/h2-9,11H,10H2,1H3,(H,25,27). The molecule has 0 saturated heterocycles. The third kappa shape index (κ3) is 4.70. The van der Waals surface area contributed by atoms with Crippen LogP contribution >= 0.6 is 23.3 Å². The first-order valence-electron chi connectivity index (χ1n) is 9.02. The summed E-state index contributed by atoms with van der Waals surface area (Å²) in [6.07, 6.45) is 1.43. The maximum atomic E-state index is 13.2. The molecule has 0 aliphatic carbocycles. The number of carbonyl (C=O) groups is 2. The van der Waals surface area contributed by atoms with E-state index in [0.29, 0.717) is 27.5 Å². The van der Waals surface area contributed by atoms with Gasteiger partial charge in [0.1, 0.15) is 33.1 Å². The summed E-state index contributed by atoms with van der Waals surface area (Å²) in [6, 6.07) is 12.5. The lowest BCUT2D eigenvalue weighted by Crippen LogP contribution is -2.14. The first-order chi connectivity index (χ1) is 15.0. The van der Waals surface area contributed by atoms with Gasteiger partial charge in [0.2, 0.25) is 5.91 Å². The Morgan fingerprint density at radius 1 is 1.10 bits per heavy atom. The Morgan fingerprint density at radius 3 is 2.55 bits per heavy atom. The molecule has 0 aliphatic rings. The Bertz CT molecular complexity index is 1240. The summed E-state index contributed by atoms with van der Waals surface area (Å²) in [7, 11) is 1.31. The molecule has 156 valence electrons. The van der Waals surface area contributed by atoms with Gasteiger partial charge in [-0.15, -0.1) is 0 Å². The zero-order valence-corrected chi connectivity index (χ0v) is 17.8. The van der Waals surface area contributed by atoms with E-state index in [4.69, 9.17) is 0 Å². The number of hydrogen-bond donors (Lipinski definition) is 1. The molecule has 4 aromatic rings. The monoisotopic (exact) mass is 454 g/mol. The van der Waals surface area contributed by atoms with Crippen molar-refractivity contribution in [3.8, 4) is 11.3 Å². The maximum absolute atomic E-state index is 13.2. The fraction of sp³-hybridized carbons (Fsp3) is 0.0952. The van der Waals surface area contributed by atoms with E-state index in [-0.39, 0.29) is 17.5 Å². The van der Waals surface area contributed by atoms with Crippen molar-refractivity contribution in [3.63, 3.8) is 0 Å². The molecule has 1 amide bonds. The van der Waals surface area contributed by atoms with E-state index in [0.717, 1.165) is 10.3 Å². The Balaban J connectivity index is 1.45. The van der Waals surface area contributed by atoms with Crippen LogP contribution in [0.2, 0.25) is 0 Å². The summed E-state index contributed by atoms with van der Waals surface area (Å²) in [5.74, 6) is -0.842. The number of benzene rings is 2. The molecule has 0 saturated carbocycles. The third-order valence-electron chi connectivity index (χ3n) is 4.27. The van der Waals surface area contributed by atoms with E-state index >= 15 is 0 Å². The molecule has 0 fully saturated rings. The van der Waals surface area contributed by atoms with E-state index < -0.39 is 5.97 Å². The van der Waals surface area contributed by atoms with Crippen LogP contribution in [0.25, 0.3) is 21.5 Å². The fourth-order valence-electron chi connectivity index (χ4n) is 2.78. The average molecular weight is 455 g/mol. The highest BCUT2D eigenvalue weighted by Crippen LogP contribution is 2.34. The lowest BCUT2D eigenvalue weighted by atomic mass is 10.1. The van der Waals surface area contributed by atoms with Gasteiger partial charge in [-0.25, -0.2) is 19.2 Å². The Kier molecular flexibility index (Phi) is 6.19. The molecule has 0 aliphatic heterocycles. The molecule has 31 heavy (non-hydrogen) atoms. The largest absolute Gasteiger partial charge is 0.465 e. The van der Waals surface area contributed by atoms with E-state index in [1.165, 1.54) is 48.9 Å². The normalized spacial score (nSPS) is 10.8. The van der Waals surface area contributed by atoms with Gasteiger partial charge in [-0.05, 0) is 60.1 Å². The minimum atomic E-state index is -0.439. The van der Waals surface area contributed by atoms with E-state index in [1.54, 1.807) is 36.4 Å². The summed E-state index contributed by atoms with van der Waals surface area (Å²) in [5.41, 5.74) is 3.05. The van der Waals surface area contributed by atoms with Crippen molar-refractivity contribution in [2.24, 2.45) is 0 Å². The number of hydrogen-bond acceptors (Lipinski definition) is 8. The topological polar surface area (TPSA) is 94.1 Å². The fourth-order valence-corrected chi connectivity index (χ4v) is 4.50. The van der Waals surface area contributed by atoms with Gasteiger partial charge in [-0.3, -0.25) is 4.79 Å². The van der Waals surface area contributed by atoms with Crippen molar-refractivity contribution in [1.29, 1.82) is 0 Å². The number of nitrogens with one attached hydrogen (secondary N) is 1. The first-order valence-corrected chi connectivity index (χ1v) is 10.8. The summed E-state index contributed by atoms with van der Waals surface area (Å²) in [6.45, 7) is 0. The number of halogens is 1. The number of nitrogens with zero attached hydrogens (tertiary/aromatic N) is 3. The number of fused-ring (bicyclic) bond motifs is 1. The molecule has 2 heterocycles. The highest BCUT2D eigenvalue weighted by Gasteiger charge is 2.15. The molecule has 2 aromatic carbocycles. The number of carbonyl (C=O) groups excluding carboxylic acids is 2. The number of ether oxygens (including phenoxy) is 1. The molecule has 1 N–H and O–H groups in total. The Hall–Kier alpha value is -3.37.